The zero-order valence-electron chi connectivity index (χ0n) is 17.1. The Bertz CT molecular complexity index is 1250. The van der Waals surface area contributed by atoms with Gasteiger partial charge in [-0.25, -0.2) is 4.39 Å². The molecule has 2 aliphatic rings. The molecule has 0 N–H and O–H groups in total. The highest BCUT2D eigenvalue weighted by Gasteiger charge is 2.48. The summed E-state index contributed by atoms with van der Waals surface area (Å²) >= 11 is 19.1. The molecule has 5 rings (SSSR count). The first kappa shape index (κ1) is 22.3. The highest BCUT2D eigenvalue weighted by Crippen LogP contribution is 2.51. The number of rotatable bonds is 3. The molecule has 170 valence electrons. The van der Waals surface area contributed by atoms with Gasteiger partial charge < -0.3 is 19.1 Å². The van der Waals surface area contributed by atoms with Crippen molar-refractivity contribution in [2.45, 2.75) is 5.79 Å². The van der Waals surface area contributed by atoms with E-state index in [1.165, 1.54) is 6.07 Å². The topological polar surface area (TPSA) is 48.0 Å². The largest absolute Gasteiger partial charge is 0.440 e. The van der Waals surface area contributed by atoms with Crippen LogP contribution in [-0.4, -0.2) is 37.1 Å². The molecule has 3 aromatic carbocycles. The van der Waals surface area contributed by atoms with Gasteiger partial charge in [0.1, 0.15) is 5.82 Å². The molecule has 0 radical (unpaired) electrons. The van der Waals surface area contributed by atoms with Gasteiger partial charge in [-0.3, -0.25) is 4.79 Å². The van der Waals surface area contributed by atoms with Crippen molar-refractivity contribution in [3.63, 3.8) is 0 Å². The normalized spacial score (nSPS) is 19.6. The number of fused-ring (bicyclic) bond motifs is 1. The number of amides is 1. The van der Waals surface area contributed by atoms with Crippen LogP contribution in [0.4, 0.5) is 4.39 Å². The minimum Gasteiger partial charge on any atom is -0.440 e. The van der Waals surface area contributed by atoms with Crippen LogP contribution in [0, 0.1) is 5.82 Å². The zero-order valence-corrected chi connectivity index (χ0v) is 19.4. The maximum atomic E-state index is 15.0. The molecule has 0 spiro atoms. The van der Waals surface area contributed by atoms with Crippen LogP contribution in [-0.2, 0) is 10.5 Å². The van der Waals surface area contributed by atoms with Crippen molar-refractivity contribution >= 4 is 40.7 Å². The molecule has 1 amide bonds. The number of hydrogen-bond acceptors (Lipinski definition) is 4. The molecule has 0 bridgehead atoms. The third-order valence-corrected chi connectivity index (χ3v) is 6.46. The summed E-state index contributed by atoms with van der Waals surface area (Å²) in [5, 5.41) is 1.07. The number of nitrogens with zero attached hydrogens (tertiary/aromatic N) is 1. The third kappa shape index (κ3) is 3.91. The minimum atomic E-state index is -1.60. The van der Waals surface area contributed by atoms with Crippen LogP contribution < -0.4 is 9.47 Å². The summed E-state index contributed by atoms with van der Waals surface area (Å²) < 4.78 is 32.8. The molecule has 1 saturated heterocycles. The van der Waals surface area contributed by atoms with Crippen molar-refractivity contribution in [1.29, 1.82) is 0 Å². The van der Waals surface area contributed by atoms with E-state index < -0.39 is 17.5 Å². The molecule has 2 aliphatic heterocycles. The standard InChI is InChI=1S/C24H17Cl3FNO4/c25-14-5-6-17(19(27)11-14)24(16-3-1-2-4-18(16)26)32-21-12-15(20(28)13-22(21)33-24)23(30)29-7-9-31-10-8-29/h1-6,11-13H,7-10H2/t24-/m1/s1. The molecule has 1 fully saturated rings. The van der Waals surface area contributed by atoms with Gasteiger partial charge in [0, 0.05) is 24.2 Å². The van der Waals surface area contributed by atoms with Gasteiger partial charge in [-0.1, -0.05) is 46.9 Å². The number of carbonyl (C=O) groups is 1. The summed E-state index contributed by atoms with van der Waals surface area (Å²) in [6, 6.07) is 14.3. The van der Waals surface area contributed by atoms with E-state index in [1.54, 1.807) is 47.4 Å². The van der Waals surface area contributed by atoms with Crippen LogP contribution in [0.25, 0.3) is 0 Å². The van der Waals surface area contributed by atoms with Crippen LogP contribution in [0.2, 0.25) is 15.1 Å². The van der Waals surface area contributed by atoms with E-state index in [2.05, 4.69) is 0 Å². The first-order valence-corrected chi connectivity index (χ1v) is 11.3. The van der Waals surface area contributed by atoms with Crippen LogP contribution in [0.5, 0.6) is 11.5 Å². The fraction of sp³-hybridized carbons (Fsp3) is 0.208. The van der Waals surface area contributed by atoms with Crippen molar-refractivity contribution in [3.05, 3.63) is 92.2 Å². The molecule has 2 heterocycles. The van der Waals surface area contributed by atoms with E-state index in [1.807, 2.05) is 0 Å². The second kappa shape index (κ2) is 8.69. The van der Waals surface area contributed by atoms with E-state index >= 15 is 4.39 Å². The predicted octanol–water partition coefficient (Wildman–Crippen LogP) is 5.93. The van der Waals surface area contributed by atoms with Gasteiger partial charge in [0.05, 0.1) is 39.9 Å². The number of halogens is 4. The van der Waals surface area contributed by atoms with E-state index in [-0.39, 0.29) is 22.1 Å². The summed E-state index contributed by atoms with van der Waals surface area (Å²) in [7, 11) is 0. The average Bonchev–Trinajstić information content (AvgIpc) is 3.17. The summed E-state index contributed by atoms with van der Waals surface area (Å²) in [6.45, 7) is 1.58. The van der Waals surface area contributed by atoms with Gasteiger partial charge in [-0.05, 0) is 36.4 Å². The monoisotopic (exact) mass is 507 g/mol. The summed E-state index contributed by atoms with van der Waals surface area (Å²) in [6.07, 6.45) is 0. The number of ether oxygens (including phenoxy) is 3. The van der Waals surface area contributed by atoms with Gasteiger partial charge in [-0.15, -0.1) is 0 Å². The summed E-state index contributed by atoms with van der Waals surface area (Å²) in [5.74, 6) is -2.45. The first-order valence-electron chi connectivity index (χ1n) is 10.2. The fourth-order valence-corrected chi connectivity index (χ4v) is 4.77. The molecular weight excluding hydrogens is 492 g/mol. The minimum absolute atomic E-state index is 0.114. The quantitative estimate of drug-likeness (QED) is 0.440. The smallest absolute Gasteiger partial charge is 0.308 e. The van der Waals surface area contributed by atoms with Crippen LogP contribution in [0.1, 0.15) is 21.5 Å². The Balaban J connectivity index is 1.61. The molecule has 0 unspecified atom stereocenters. The Hall–Kier alpha value is -2.51. The van der Waals surface area contributed by atoms with Gasteiger partial charge >= 0.3 is 5.79 Å². The third-order valence-electron chi connectivity index (χ3n) is 5.58. The molecule has 0 aliphatic carbocycles. The van der Waals surface area contributed by atoms with Crippen LogP contribution in [0.3, 0.4) is 0 Å². The molecule has 0 aromatic heterocycles. The Kier molecular flexibility index (Phi) is 5.87. The van der Waals surface area contributed by atoms with Crippen molar-refractivity contribution in [2.24, 2.45) is 0 Å². The lowest BCUT2D eigenvalue weighted by Crippen LogP contribution is -2.41. The van der Waals surface area contributed by atoms with E-state index in [0.717, 1.165) is 6.07 Å². The second-order valence-electron chi connectivity index (χ2n) is 7.61. The SMILES string of the molecule is O=C(c1cc2c(cc1F)O[C@](c1ccccc1Cl)(c1ccc(Cl)cc1Cl)O2)N1CCOCC1. The Morgan fingerprint density at radius 3 is 2.24 bits per heavy atom. The molecule has 9 heteroatoms. The first-order chi connectivity index (χ1) is 15.9. The predicted molar refractivity (Wildman–Crippen MR) is 123 cm³/mol. The molecular formula is C24H17Cl3FNO4. The molecule has 1 atom stereocenters. The van der Waals surface area contributed by atoms with E-state index in [9.17, 15) is 4.79 Å². The second-order valence-corrected chi connectivity index (χ2v) is 8.86. The number of carbonyl (C=O) groups excluding carboxylic acids is 1. The number of benzene rings is 3. The Labute approximate surface area is 204 Å². The lowest BCUT2D eigenvalue weighted by atomic mass is 9.97. The van der Waals surface area contributed by atoms with Gasteiger partial charge in [-0.2, -0.15) is 0 Å². The lowest BCUT2D eigenvalue weighted by Gasteiger charge is -2.30. The Morgan fingerprint density at radius 2 is 1.55 bits per heavy atom. The molecule has 3 aromatic rings. The van der Waals surface area contributed by atoms with E-state index in [4.69, 9.17) is 49.0 Å². The molecule has 0 saturated carbocycles. The lowest BCUT2D eigenvalue weighted by molar-refractivity contribution is -0.0457. The maximum absolute atomic E-state index is 15.0. The highest BCUT2D eigenvalue weighted by molar-refractivity contribution is 6.35. The van der Waals surface area contributed by atoms with E-state index in [0.29, 0.717) is 47.5 Å². The van der Waals surface area contributed by atoms with Crippen molar-refractivity contribution < 1.29 is 23.4 Å². The highest BCUT2D eigenvalue weighted by atomic mass is 35.5. The summed E-state index contributed by atoms with van der Waals surface area (Å²) in [4.78, 5) is 14.5. The zero-order chi connectivity index (χ0) is 23.2. The fourth-order valence-electron chi connectivity index (χ4n) is 3.98. The molecule has 5 nitrogen and oxygen atoms in total. The Morgan fingerprint density at radius 1 is 0.879 bits per heavy atom. The van der Waals surface area contributed by atoms with Gasteiger partial charge in [0.25, 0.3) is 5.91 Å². The summed E-state index contributed by atoms with van der Waals surface area (Å²) in [5.41, 5.74) is 0.782. The van der Waals surface area contributed by atoms with Crippen LogP contribution >= 0.6 is 34.8 Å². The number of morpholine rings is 1. The van der Waals surface area contributed by atoms with Gasteiger partial charge in [0.15, 0.2) is 11.5 Å². The molecule has 33 heavy (non-hydrogen) atoms. The van der Waals surface area contributed by atoms with Crippen molar-refractivity contribution in [3.8, 4) is 11.5 Å². The maximum Gasteiger partial charge on any atom is 0.308 e. The van der Waals surface area contributed by atoms with Gasteiger partial charge in [0.2, 0.25) is 0 Å². The van der Waals surface area contributed by atoms with Crippen molar-refractivity contribution in [2.75, 3.05) is 26.3 Å². The van der Waals surface area contributed by atoms with Crippen molar-refractivity contribution in [1.82, 2.24) is 4.90 Å². The van der Waals surface area contributed by atoms with Crippen LogP contribution in [0.15, 0.2) is 54.6 Å². The number of hydrogen-bond donors (Lipinski definition) is 0. The average molecular weight is 509 g/mol.